The van der Waals surface area contributed by atoms with E-state index in [0.717, 1.165) is 12.5 Å². The molecule has 0 spiro atoms. The molecule has 3 rings (SSSR count). The molecule has 0 radical (unpaired) electrons. The number of H-pyrrole nitrogens is 1. The summed E-state index contributed by atoms with van der Waals surface area (Å²) in [6, 6.07) is 4.88. The average molecular weight is 366 g/mol. The van der Waals surface area contributed by atoms with Gasteiger partial charge in [0.25, 0.3) is 0 Å². The standard InChI is InChI=1S/C18H17F3N2O3/c1-10-2-3-11(5-7-17(25)26)23(10)12-4-6-15-13(8-12)14(18(19,20)21)9-16(24)22-15/h4-11H,2-3H2,1H3,(H,22,24)(H,25,26)/t10-,11-/m1/s1. The second kappa shape index (κ2) is 6.51. The van der Waals surface area contributed by atoms with E-state index in [-0.39, 0.29) is 23.0 Å². The van der Waals surface area contributed by atoms with Gasteiger partial charge in [-0.25, -0.2) is 4.79 Å². The van der Waals surface area contributed by atoms with Gasteiger partial charge in [-0.2, -0.15) is 13.2 Å². The number of benzene rings is 1. The second-order valence-electron chi connectivity index (χ2n) is 6.37. The summed E-state index contributed by atoms with van der Waals surface area (Å²) >= 11 is 0. The number of hydrogen-bond acceptors (Lipinski definition) is 3. The number of aromatic nitrogens is 1. The molecule has 8 heteroatoms. The number of aromatic amines is 1. The quantitative estimate of drug-likeness (QED) is 0.815. The lowest BCUT2D eigenvalue weighted by Crippen LogP contribution is -2.33. The normalized spacial score (nSPS) is 21.0. The monoisotopic (exact) mass is 366 g/mol. The summed E-state index contributed by atoms with van der Waals surface area (Å²) in [5, 5.41) is 8.74. The highest BCUT2D eigenvalue weighted by Gasteiger charge is 2.34. The third-order valence-corrected chi connectivity index (χ3v) is 4.60. The van der Waals surface area contributed by atoms with Gasteiger partial charge in [0, 0.05) is 40.8 Å². The van der Waals surface area contributed by atoms with Crippen molar-refractivity contribution >= 4 is 22.6 Å². The summed E-state index contributed by atoms with van der Waals surface area (Å²) in [6.45, 7) is 1.94. The Labute approximate surface area is 146 Å². The Morgan fingerprint density at radius 3 is 2.69 bits per heavy atom. The topological polar surface area (TPSA) is 73.4 Å². The number of rotatable bonds is 3. The molecule has 1 aromatic heterocycles. The van der Waals surface area contributed by atoms with E-state index in [2.05, 4.69) is 4.98 Å². The van der Waals surface area contributed by atoms with Crippen molar-refractivity contribution in [2.24, 2.45) is 0 Å². The van der Waals surface area contributed by atoms with Gasteiger partial charge in [-0.3, -0.25) is 4.79 Å². The number of pyridine rings is 1. The largest absolute Gasteiger partial charge is 0.478 e. The minimum atomic E-state index is -4.65. The van der Waals surface area contributed by atoms with Crippen LogP contribution < -0.4 is 10.5 Å². The molecule has 0 amide bonds. The number of nitrogens with one attached hydrogen (secondary N) is 1. The van der Waals surface area contributed by atoms with Crippen molar-refractivity contribution in [3.05, 3.63) is 52.3 Å². The Hall–Kier alpha value is -2.77. The van der Waals surface area contributed by atoms with Crippen LogP contribution in [0.4, 0.5) is 18.9 Å². The van der Waals surface area contributed by atoms with Gasteiger partial charge in [0.15, 0.2) is 0 Å². The van der Waals surface area contributed by atoms with Gasteiger partial charge in [-0.05, 0) is 38.0 Å². The number of aliphatic carboxylic acids is 1. The number of nitrogens with zero attached hydrogens (tertiary/aromatic N) is 1. The fraction of sp³-hybridized carbons (Fsp3) is 0.333. The Bertz CT molecular complexity index is 933. The van der Waals surface area contributed by atoms with Crippen molar-refractivity contribution < 1.29 is 23.1 Å². The molecule has 138 valence electrons. The molecule has 5 nitrogen and oxygen atoms in total. The van der Waals surface area contributed by atoms with Crippen LogP contribution in [0.5, 0.6) is 0 Å². The number of carboxylic acids is 1. The molecule has 0 saturated carbocycles. The van der Waals surface area contributed by atoms with E-state index in [9.17, 15) is 22.8 Å². The Kier molecular flexibility index (Phi) is 4.52. The maximum absolute atomic E-state index is 13.3. The van der Waals surface area contributed by atoms with Gasteiger partial charge in [0.1, 0.15) is 0 Å². The molecule has 2 heterocycles. The van der Waals surface area contributed by atoms with E-state index in [4.69, 9.17) is 5.11 Å². The van der Waals surface area contributed by atoms with Crippen LogP contribution in [0.2, 0.25) is 0 Å². The number of anilines is 1. The van der Waals surface area contributed by atoms with Gasteiger partial charge in [0.05, 0.1) is 5.56 Å². The first-order chi connectivity index (χ1) is 12.2. The minimum absolute atomic E-state index is 0.0491. The predicted octanol–water partition coefficient (Wildman–Crippen LogP) is 3.55. The van der Waals surface area contributed by atoms with Crippen molar-refractivity contribution in [2.45, 2.75) is 38.0 Å². The number of carboxylic acid groups (broad SMARTS) is 1. The Balaban J connectivity index is 2.12. The van der Waals surface area contributed by atoms with Crippen LogP contribution >= 0.6 is 0 Å². The molecule has 26 heavy (non-hydrogen) atoms. The zero-order valence-electron chi connectivity index (χ0n) is 13.9. The van der Waals surface area contributed by atoms with Crippen molar-refractivity contribution in [1.82, 2.24) is 4.98 Å². The maximum Gasteiger partial charge on any atom is 0.417 e. The lowest BCUT2D eigenvalue weighted by Gasteiger charge is -2.29. The lowest BCUT2D eigenvalue weighted by molar-refractivity contribution is -0.136. The van der Waals surface area contributed by atoms with Crippen molar-refractivity contribution in [2.75, 3.05) is 4.90 Å². The molecule has 2 aromatic rings. The van der Waals surface area contributed by atoms with Gasteiger partial charge in [-0.15, -0.1) is 0 Å². The molecule has 1 fully saturated rings. The summed E-state index contributed by atoms with van der Waals surface area (Å²) in [7, 11) is 0. The number of carbonyl (C=O) groups is 1. The van der Waals surface area contributed by atoms with Gasteiger partial charge < -0.3 is 15.0 Å². The Morgan fingerprint density at radius 2 is 2.04 bits per heavy atom. The first-order valence-corrected chi connectivity index (χ1v) is 8.10. The third-order valence-electron chi connectivity index (χ3n) is 4.60. The van der Waals surface area contributed by atoms with Gasteiger partial charge in [-0.1, -0.05) is 6.08 Å². The van der Waals surface area contributed by atoms with Crippen LogP contribution in [0.1, 0.15) is 25.3 Å². The molecular weight excluding hydrogens is 349 g/mol. The van der Waals surface area contributed by atoms with Crippen molar-refractivity contribution in [3.63, 3.8) is 0 Å². The molecule has 0 bridgehead atoms. The van der Waals surface area contributed by atoms with Crippen LogP contribution in [0, 0.1) is 0 Å². The maximum atomic E-state index is 13.3. The molecular formula is C18H17F3N2O3. The smallest absolute Gasteiger partial charge is 0.417 e. The van der Waals surface area contributed by atoms with Crippen molar-refractivity contribution in [1.29, 1.82) is 0 Å². The lowest BCUT2D eigenvalue weighted by atomic mass is 10.1. The highest BCUT2D eigenvalue weighted by molar-refractivity contribution is 5.86. The zero-order valence-corrected chi connectivity index (χ0v) is 13.9. The molecule has 1 saturated heterocycles. The van der Waals surface area contributed by atoms with E-state index in [1.807, 2.05) is 11.8 Å². The van der Waals surface area contributed by atoms with E-state index in [0.29, 0.717) is 18.2 Å². The third kappa shape index (κ3) is 3.44. The van der Waals surface area contributed by atoms with E-state index >= 15 is 0 Å². The molecule has 0 aliphatic carbocycles. The van der Waals surface area contributed by atoms with E-state index in [1.54, 1.807) is 12.1 Å². The Morgan fingerprint density at radius 1 is 1.31 bits per heavy atom. The SMILES string of the molecule is C[C@@H]1CC[C@H](C=CC(=O)O)N1c1ccc2[nH]c(=O)cc(C(F)(F)F)c2c1. The van der Waals surface area contributed by atoms with Crippen LogP contribution in [-0.4, -0.2) is 28.1 Å². The van der Waals surface area contributed by atoms with Crippen LogP contribution in [0.3, 0.4) is 0 Å². The summed E-state index contributed by atoms with van der Waals surface area (Å²) < 4.78 is 40.0. The summed E-state index contributed by atoms with van der Waals surface area (Å²) in [6.07, 6.45) is -0.543. The molecule has 1 aliphatic heterocycles. The molecule has 1 aliphatic rings. The zero-order chi connectivity index (χ0) is 19.1. The molecule has 2 N–H and O–H groups in total. The average Bonchev–Trinajstić information content (AvgIpc) is 2.91. The molecule has 0 unspecified atom stereocenters. The van der Waals surface area contributed by atoms with E-state index in [1.165, 1.54) is 12.1 Å². The highest BCUT2D eigenvalue weighted by atomic mass is 19.4. The highest BCUT2D eigenvalue weighted by Crippen LogP contribution is 2.37. The van der Waals surface area contributed by atoms with Crippen LogP contribution in [0.25, 0.3) is 10.9 Å². The fourth-order valence-corrected chi connectivity index (χ4v) is 3.48. The van der Waals surface area contributed by atoms with Crippen LogP contribution in [0.15, 0.2) is 41.2 Å². The first kappa shape index (κ1) is 18.0. The van der Waals surface area contributed by atoms with Crippen molar-refractivity contribution in [3.8, 4) is 0 Å². The number of fused-ring (bicyclic) bond motifs is 1. The van der Waals surface area contributed by atoms with Gasteiger partial charge in [0.2, 0.25) is 5.56 Å². The van der Waals surface area contributed by atoms with E-state index < -0.39 is 23.3 Å². The second-order valence-corrected chi connectivity index (χ2v) is 6.37. The van der Waals surface area contributed by atoms with Crippen LogP contribution in [-0.2, 0) is 11.0 Å². The number of hydrogen-bond donors (Lipinski definition) is 2. The molecule has 2 atom stereocenters. The number of alkyl halides is 3. The summed E-state index contributed by atoms with van der Waals surface area (Å²) in [4.78, 5) is 26.6. The predicted molar refractivity (Wildman–Crippen MR) is 91.3 cm³/mol. The molecule has 1 aromatic carbocycles. The summed E-state index contributed by atoms with van der Waals surface area (Å²) in [5.74, 6) is -1.07. The van der Waals surface area contributed by atoms with Gasteiger partial charge >= 0.3 is 12.1 Å². The summed E-state index contributed by atoms with van der Waals surface area (Å²) in [5.41, 5.74) is -1.13. The first-order valence-electron chi connectivity index (χ1n) is 8.10. The minimum Gasteiger partial charge on any atom is -0.478 e. The number of halogens is 3. The fourth-order valence-electron chi connectivity index (χ4n) is 3.48.